The first kappa shape index (κ1) is 17.7. The van der Waals surface area contributed by atoms with Gasteiger partial charge in [0.1, 0.15) is 0 Å². The van der Waals surface area contributed by atoms with Gasteiger partial charge in [0.05, 0.1) is 27.4 Å². The van der Waals surface area contributed by atoms with Gasteiger partial charge in [-0.2, -0.15) is 0 Å². The minimum Gasteiger partial charge on any atom is -0.493 e. The molecule has 0 spiro atoms. The van der Waals surface area contributed by atoms with Crippen LogP contribution in [0.25, 0.3) is 0 Å². The smallest absolute Gasteiger partial charge is 0.252 e. The molecule has 1 N–H and O–H groups in total. The van der Waals surface area contributed by atoms with Crippen LogP contribution in [0, 0.1) is 0 Å². The first-order valence-electron chi connectivity index (χ1n) is 7.80. The average Bonchev–Trinajstić information content (AvgIpc) is 2.65. The molecule has 0 heterocycles. The largest absolute Gasteiger partial charge is 0.493 e. The van der Waals surface area contributed by atoms with E-state index in [9.17, 15) is 4.79 Å². The Balaban J connectivity index is 2.29. The Morgan fingerprint density at radius 1 is 1.00 bits per heavy atom. The van der Waals surface area contributed by atoms with Crippen LogP contribution in [0.1, 0.15) is 35.3 Å². The van der Waals surface area contributed by atoms with E-state index in [1.807, 2.05) is 37.3 Å². The van der Waals surface area contributed by atoms with Crippen molar-refractivity contribution in [3.05, 3.63) is 53.6 Å². The zero-order valence-corrected chi connectivity index (χ0v) is 14.5. The Morgan fingerprint density at radius 2 is 1.58 bits per heavy atom. The molecule has 0 aliphatic carbocycles. The van der Waals surface area contributed by atoms with E-state index in [0.717, 1.165) is 12.0 Å². The summed E-state index contributed by atoms with van der Waals surface area (Å²) in [7, 11) is 4.58. The third-order valence-corrected chi connectivity index (χ3v) is 3.84. The summed E-state index contributed by atoms with van der Waals surface area (Å²) in [6, 6.07) is 13.1. The van der Waals surface area contributed by atoms with Crippen LogP contribution in [0.5, 0.6) is 17.2 Å². The van der Waals surface area contributed by atoms with E-state index in [0.29, 0.717) is 22.8 Å². The lowest BCUT2D eigenvalue weighted by atomic mass is 10.0. The maximum atomic E-state index is 12.7. The monoisotopic (exact) mass is 329 g/mol. The van der Waals surface area contributed by atoms with Crippen LogP contribution in [-0.4, -0.2) is 27.2 Å². The number of nitrogens with one attached hydrogen (secondary N) is 1. The molecule has 2 aromatic carbocycles. The van der Waals surface area contributed by atoms with Crippen molar-refractivity contribution < 1.29 is 19.0 Å². The van der Waals surface area contributed by atoms with Gasteiger partial charge in [-0.05, 0) is 24.1 Å². The summed E-state index contributed by atoms with van der Waals surface area (Å²) >= 11 is 0. The zero-order chi connectivity index (χ0) is 17.5. The van der Waals surface area contributed by atoms with Crippen molar-refractivity contribution in [2.45, 2.75) is 19.4 Å². The van der Waals surface area contributed by atoms with Crippen molar-refractivity contribution in [3.63, 3.8) is 0 Å². The van der Waals surface area contributed by atoms with Gasteiger partial charge < -0.3 is 19.5 Å². The van der Waals surface area contributed by atoms with Crippen molar-refractivity contribution in [3.8, 4) is 17.2 Å². The van der Waals surface area contributed by atoms with Crippen LogP contribution in [-0.2, 0) is 0 Å². The molecule has 0 aliphatic heterocycles. The second-order valence-corrected chi connectivity index (χ2v) is 5.26. The molecule has 0 aliphatic rings. The van der Waals surface area contributed by atoms with Crippen molar-refractivity contribution in [2.24, 2.45) is 0 Å². The Morgan fingerprint density at radius 3 is 2.04 bits per heavy atom. The van der Waals surface area contributed by atoms with Gasteiger partial charge in [0.2, 0.25) is 5.75 Å². The fourth-order valence-electron chi connectivity index (χ4n) is 2.56. The highest BCUT2D eigenvalue weighted by Gasteiger charge is 2.19. The van der Waals surface area contributed by atoms with Gasteiger partial charge in [-0.15, -0.1) is 0 Å². The molecule has 0 saturated carbocycles. The van der Waals surface area contributed by atoms with Gasteiger partial charge in [-0.25, -0.2) is 0 Å². The van der Waals surface area contributed by atoms with Gasteiger partial charge in [-0.1, -0.05) is 37.3 Å². The molecule has 128 valence electrons. The summed E-state index contributed by atoms with van der Waals surface area (Å²) in [6.07, 6.45) is 0.792. The number of ether oxygens (including phenoxy) is 3. The molecule has 2 rings (SSSR count). The normalized spacial score (nSPS) is 11.5. The lowest BCUT2D eigenvalue weighted by molar-refractivity contribution is 0.0934. The standard InChI is InChI=1S/C19H23NO4/c1-5-15(13-9-7-6-8-10-13)20-19(21)14-11-16(22-2)18(24-4)17(12-14)23-3/h6-12,15H,5H2,1-4H3,(H,20,21)/t15-/m0/s1. The van der Waals surface area contributed by atoms with E-state index < -0.39 is 0 Å². The molecule has 1 atom stereocenters. The highest BCUT2D eigenvalue weighted by molar-refractivity contribution is 5.95. The minimum atomic E-state index is -0.190. The van der Waals surface area contributed by atoms with Crippen LogP contribution >= 0.6 is 0 Å². The van der Waals surface area contributed by atoms with Crippen molar-refractivity contribution in [1.29, 1.82) is 0 Å². The predicted octanol–water partition coefficient (Wildman–Crippen LogP) is 3.59. The summed E-state index contributed by atoms with van der Waals surface area (Å²) in [5.41, 5.74) is 1.53. The third kappa shape index (κ3) is 3.79. The van der Waals surface area contributed by atoms with Crippen LogP contribution in [0.2, 0.25) is 0 Å². The fourth-order valence-corrected chi connectivity index (χ4v) is 2.56. The molecule has 5 heteroatoms. The number of benzene rings is 2. The van der Waals surface area contributed by atoms with Gasteiger partial charge in [-0.3, -0.25) is 4.79 Å². The molecule has 0 radical (unpaired) electrons. The minimum absolute atomic E-state index is 0.0576. The van der Waals surface area contributed by atoms with Gasteiger partial charge in [0.25, 0.3) is 5.91 Å². The van der Waals surface area contributed by atoms with Crippen molar-refractivity contribution >= 4 is 5.91 Å². The van der Waals surface area contributed by atoms with Crippen molar-refractivity contribution in [1.82, 2.24) is 5.32 Å². The molecule has 0 bridgehead atoms. The van der Waals surface area contributed by atoms with Crippen LogP contribution in [0.3, 0.4) is 0 Å². The van der Waals surface area contributed by atoms with Crippen LogP contribution in [0.15, 0.2) is 42.5 Å². The molecule has 0 unspecified atom stereocenters. The molecule has 0 aromatic heterocycles. The van der Waals surface area contributed by atoms with Crippen LogP contribution in [0.4, 0.5) is 0 Å². The summed E-state index contributed by atoms with van der Waals surface area (Å²) in [4.78, 5) is 12.7. The predicted molar refractivity (Wildman–Crippen MR) is 93.0 cm³/mol. The molecular formula is C19H23NO4. The molecule has 0 saturated heterocycles. The number of methoxy groups -OCH3 is 3. The first-order chi connectivity index (χ1) is 11.6. The van der Waals surface area contributed by atoms with Gasteiger partial charge in [0, 0.05) is 5.56 Å². The number of carbonyl (C=O) groups is 1. The van der Waals surface area contributed by atoms with E-state index in [4.69, 9.17) is 14.2 Å². The van der Waals surface area contributed by atoms with E-state index in [-0.39, 0.29) is 11.9 Å². The van der Waals surface area contributed by atoms with E-state index >= 15 is 0 Å². The van der Waals surface area contributed by atoms with E-state index in [2.05, 4.69) is 5.32 Å². The lowest BCUT2D eigenvalue weighted by Gasteiger charge is -2.19. The SMILES string of the molecule is CC[C@H](NC(=O)c1cc(OC)c(OC)c(OC)c1)c1ccccc1. The quantitative estimate of drug-likeness (QED) is 0.843. The molecular weight excluding hydrogens is 306 g/mol. The van der Waals surface area contributed by atoms with Crippen molar-refractivity contribution in [2.75, 3.05) is 21.3 Å². The second kappa shape index (κ2) is 8.24. The van der Waals surface area contributed by atoms with Gasteiger partial charge >= 0.3 is 0 Å². The Bertz CT molecular complexity index is 660. The maximum Gasteiger partial charge on any atom is 0.252 e. The average molecular weight is 329 g/mol. The topological polar surface area (TPSA) is 56.8 Å². The highest BCUT2D eigenvalue weighted by Crippen LogP contribution is 2.38. The van der Waals surface area contributed by atoms with E-state index in [1.54, 1.807) is 12.1 Å². The summed E-state index contributed by atoms with van der Waals surface area (Å²) in [5, 5.41) is 3.05. The molecule has 24 heavy (non-hydrogen) atoms. The first-order valence-corrected chi connectivity index (χ1v) is 7.80. The van der Waals surface area contributed by atoms with Crippen LogP contribution < -0.4 is 19.5 Å². The lowest BCUT2D eigenvalue weighted by Crippen LogP contribution is -2.28. The van der Waals surface area contributed by atoms with Gasteiger partial charge in [0.15, 0.2) is 11.5 Å². The number of amides is 1. The number of hydrogen-bond donors (Lipinski definition) is 1. The highest BCUT2D eigenvalue weighted by atomic mass is 16.5. The summed E-state index contributed by atoms with van der Waals surface area (Å²) < 4.78 is 15.9. The molecule has 0 fully saturated rings. The molecule has 2 aromatic rings. The molecule has 1 amide bonds. The Kier molecular flexibility index (Phi) is 6.07. The number of hydrogen-bond acceptors (Lipinski definition) is 4. The van der Waals surface area contributed by atoms with E-state index in [1.165, 1.54) is 21.3 Å². The number of rotatable bonds is 7. The maximum absolute atomic E-state index is 12.7. The fraction of sp³-hybridized carbons (Fsp3) is 0.316. The Hall–Kier alpha value is -2.69. The second-order valence-electron chi connectivity index (χ2n) is 5.26. The Labute approximate surface area is 142 Å². The summed E-state index contributed by atoms with van der Waals surface area (Å²) in [6.45, 7) is 2.03. The molecule has 5 nitrogen and oxygen atoms in total. The number of carbonyl (C=O) groups excluding carboxylic acids is 1. The zero-order valence-electron chi connectivity index (χ0n) is 14.5. The summed E-state index contributed by atoms with van der Waals surface area (Å²) in [5.74, 6) is 1.18. The third-order valence-electron chi connectivity index (χ3n) is 3.84.